The van der Waals surface area contributed by atoms with E-state index < -0.39 is 0 Å². The third-order valence-corrected chi connectivity index (χ3v) is 4.17. The molecule has 2 nitrogen and oxygen atoms in total. The number of nitrogens with zero attached hydrogens (tertiary/aromatic N) is 1. The van der Waals surface area contributed by atoms with Crippen LogP contribution in [0.2, 0.25) is 0 Å². The molecule has 2 rings (SSSR count). The standard InChI is InChI=1S/C16H25BrN2/c1-14-10-15(12-16(17)11-14)13-18-6-5-9-19-7-3-2-4-8-19/h10-12,18H,2-9,13H2,1H3. The molecular weight excluding hydrogens is 300 g/mol. The Morgan fingerprint density at radius 3 is 2.68 bits per heavy atom. The molecule has 0 aliphatic carbocycles. The third-order valence-electron chi connectivity index (χ3n) is 3.71. The van der Waals surface area contributed by atoms with Crippen LogP contribution >= 0.6 is 15.9 Å². The van der Waals surface area contributed by atoms with Gasteiger partial charge in [-0.1, -0.05) is 28.4 Å². The van der Waals surface area contributed by atoms with Gasteiger partial charge < -0.3 is 10.2 Å². The van der Waals surface area contributed by atoms with Crippen molar-refractivity contribution in [3.8, 4) is 0 Å². The van der Waals surface area contributed by atoms with Gasteiger partial charge in [-0.15, -0.1) is 0 Å². The Morgan fingerprint density at radius 2 is 1.95 bits per heavy atom. The van der Waals surface area contributed by atoms with Crippen LogP contribution in [0, 0.1) is 6.92 Å². The molecule has 3 heteroatoms. The van der Waals surface area contributed by atoms with E-state index in [-0.39, 0.29) is 0 Å². The van der Waals surface area contributed by atoms with Gasteiger partial charge in [0.2, 0.25) is 0 Å². The summed E-state index contributed by atoms with van der Waals surface area (Å²) in [6, 6.07) is 6.60. The third kappa shape index (κ3) is 5.64. The molecule has 106 valence electrons. The summed E-state index contributed by atoms with van der Waals surface area (Å²) >= 11 is 3.55. The highest BCUT2D eigenvalue weighted by Gasteiger charge is 2.08. The second-order valence-corrected chi connectivity index (χ2v) is 6.49. The van der Waals surface area contributed by atoms with Crippen molar-refractivity contribution in [1.29, 1.82) is 0 Å². The Hall–Kier alpha value is -0.380. The number of piperidine rings is 1. The van der Waals surface area contributed by atoms with E-state index in [0.717, 1.165) is 13.1 Å². The van der Waals surface area contributed by atoms with Gasteiger partial charge in [-0.05, 0) is 75.6 Å². The lowest BCUT2D eigenvalue weighted by Gasteiger charge is -2.26. The van der Waals surface area contributed by atoms with Crippen molar-refractivity contribution in [2.75, 3.05) is 26.2 Å². The lowest BCUT2D eigenvalue weighted by atomic mass is 10.1. The number of rotatable bonds is 6. The molecule has 1 aliphatic rings. The van der Waals surface area contributed by atoms with Crippen LogP contribution in [0.3, 0.4) is 0 Å². The molecule has 1 aromatic carbocycles. The van der Waals surface area contributed by atoms with E-state index >= 15 is 0 Å². The number of benzene rings is 1. The lowest BCUT2D eigenvalue weighted by molar-refractivity contribution is 0.225. The van der Waals surface area contributed by atoms with Crippen LogP contribution in [0.25, 0.3) is 0 Å². The Balaban J connectivity index is 1.60. The predicted molar refractivity (Wildman–Crippen MR) is 85.5 cm³/mol. The summed E-state index contributed by atoms with van der Waals surface area (Å²) in [4.78, 5) is 2.61. The quantitative estimate of drug-likeness (QED) is 0.802. The fraction of sp³-hybridized carbons (Fsp3) is 0.625. The monoisotopic (exact) mass is 324 g/mol. The number of halogens is 1. The van der Waals surface area contributed by atoms with Gasteiger partial charge in [0.15, 0.2) is 0 Å². The van der Waals surface area contributed by atoms with Crippen LogP contribution in [0.5, 0.6) is 0 Å². The molecular formula is C16H25BrN2. The molecule has 1 fully saturated rings. The zero-order valence-corrected chi connectivity index (χ0v) is 13.5. The fourth-order valence-corrected chi connectivity index (χ4v) is 3.41. The lowest BCUT2D eigenvalue weighted by Crippen LogP contribution is -2.32. The van der Waals surface area contributed by atoms with Crippen LogP contribution in [-0.2, 0) is 6.54 Å². The van der Waals surface area contributed by atoms with E-state index in [1.807, 2.05) is 0 Å². The molecule has 0 spiro atoms. The van der Waals surface area contributed by atoms with Gasteiger partial charge in [-0.2, -0.15) is 0 Å². The highest BCUT2D eigenvalue weighted by molar-refractivity contribution is 9.10. The van der Waals surface area contributed by atoms with Gasteiger partial charge in [0.25, 0.3) is 0 Å². The fourth-order valence-electron chi connectivity index (χ4n) is 2.76. The van der Waals surface area contributed by atoms with Crippen molar-refractivity contribution < 1.29 is 0 Å². The Labute approximate surface area is 125 Å². The summed E-state index contributed by atoms with van der Waals surface area (Å²) in [5, 5.41) is 3.55. The smallest absolute Gasteiger partial charge is 0.0206 e. The normalized spacial score (nSPS) is 16.7. The minimum Gasteiger partial charge on any atom is -0.313 e. The summed E-state index contributed by atoms with van der Waals surface area (Å²) in [5.74, 6) is 0. The number of aryl methyl sites for hydroxylation is 1. The van der Waals surface area contributed by atoms with Gasteiger partial charge >= 0.3 is 0 Å². The molecule has 0 unspecified atom stereocenters. The maximum Gasteiger partial charge on any atom is 0.0206 e. The summed E-state index contributed by atoms with van der Waals surface area (Å²) < 4.78 is 1.18. The first kappa shape index (κ1) is 15.0. The molecule has 19 heavy (non-hydrogen) atoms. The summed E-state index contributed by atoms with van der Waals surface area (Å²) in [5.41, 5.74) is 2.68. The van der Waals surface area contributed by atoms with E-state index in [4.69, 9.17) is 0 Å². The molecule has 0 atom stereocenters. The maximum atomic E-state index is 3.55. The van der Waals surface area contributed by atoms with Crippen molar-refractivity contribution >= 4 is 15.9 Å². The average molecular weight is 325 g/mol. The van der Waals surface area contributed by atoms with Gasteiger partial charge in [-0.3, -0.25) is 0 Å². The van der Waals surface area contributed by atoms with Gasteiger partial charge in [0.05, 0.1) is 0 Å². The minimum absolute atomic E-state index is 0.972. The van der Waals surface area contributed by atoms with Crippen LogP contribution in [-0.4, -0.2) is 31.1 Å². The van der Waals surface area contributed by atoms with Crippen LogP contribution < -0.4 is 5.32 Å². The Bertz CT molecular complexity index is 366. The first-order valence-corrected chi connectivity index (χ1v) is 8.22. The highest BCUT2D eigenvalue weighted by atomic mass is 79.9. The van der Waals surface area contributed by atoms with Crippen LogP contribution in [0.4, 0.5) is 0 Å². The van der Waals surface area contributed by atoms with Crippen LogP contribution in [0.15, 0.2) is 22.7 Å². The van der Waals surface area contributed by atoms with Crippen molar-refractivity contribution in [2.45, 2.75) is 39.2 Å². The molecule has 1 saturated heterocycles. The Kier molecular flexibility index (Phi) is 6.35. The zero-order valence-electron chi connectivity index (χ0n) is 11.9. The van der Waals surface area contributed by atoms with Crippen LogP contribution in [0.1, 0.15) is 36.8 Å². The van der Waals surface area contributed by atoms with Gasteiger partial charge in [0.1, 0.15) is 0 Å². The zero-order chi connectivity index (χ0) is 13.5. The number of nitrogens with one attached hydrogen (secondary N) is 1. The van der Waals surface area contributed by atoms with Crippen molar-refractivity contribution in [3.05, 3.63) is 33.8 Å². The second kappa shape index (κ2) is 8.03. The largest absolute Gasteiger partial charge is 0.313 e. The Morgan fingerprint density at radius 1 is 1.16 bits per heavy atom. The molecule has 0 radical (unpaired) electrons. The highest BCUT2D eigenvalue weighted by Crippen LogP contribution is 2.15. The summed E-state index contributed by atoms with van der Waals surface area (Å²) in [6.07, 6.45) is 5.47. The first-order valence-electron chi connectivity index (χ1n) is 7.43. The molecule has 1 heterocycles. The SMILES string of the molecule is Cc1cc(Br)cc(CNCCCN2CCCCC2)c1. The number of likely N-dealkylation sites (tertiary alicyclic amines) is 1. The molecule has 1 aromatic rings. The van der Waals surface area contributed by atoms with E-state index in [1.165, 1.54) is 60.9 Å². The molecule has 0 bridgehead atoms. The van der Waals surface area contributed by atoms with Gasteiger partial charge in [0, 0.05) is 11.0 Å². The van der Waals surface area contributed by atoms with Crippen molar-refractivity contribution in [1.82, 2.24) is 10.2 Å². The van der Waals surface area contributed by atoms with E-state index in [1.54, 1.807) is 0 Å². The maximum absolute atomic E-state index is 3.55. The summed E-state index contributed by atoms with van der Waals surface area (Å²) in [6.45, 7) is 8.10. The molecule has 0 saturated carbocycles. The molecule has 0 amide bonds. The minimum atomic E-state index is 0.972. The van der Waals surface area contributed by atoms with E-state index in [2.05, 4.69) is 51.3 Å². The average Bonchev–Trinajstić information content (AvgIpc) is 2.38. The van der Waals surface area contributed by atoms with E-state index in [9.17, 15) is 0 Å². The van der Waals surface area contributed by atoms with E-state index in [0.29, 0.717) is 0 Å². The topological polar surface area (TPSA) is 15.3 Å². The number of hydrogen-bond donors (Lipinski definition) is 1. The molecule has 1 aliphatic heterocycles. The number of hydrogen-bond acceptors (Lipinski definition) is 2. The van der Waals surface area contributed by atoms with Gasteiger partial charge in [-0.25, -0.2) is 0 Å². The first-order chi connectivity index (χ1) is 9.24. The second-order valence-electron chi connectivity index (χ2n) is 5.57. The predicted octanol–water partition coefficient (Wildman–Crippen LogP) is 3.72. The van der Waals surface area contributed by atoms with Crippen molar-refractivity contribution in [3.63, 3.8) is 0 Å². The molecule has 1 N–H and O–H groups in total. The summed E-state index contributed by atoms with van der Waals surface area (Å²) in [7, 11) is 0. The molecule has 0 aromatic heterocycles. The van der Waals surface area contributed by atoms with Crippen molar-refractivity contribution in [2.24, 2.45) is 0 Å².